The van der Waals surface area contributed by atoms with Crippen LogP contribution in [-0.2, 0) is 6.42 Å². The summed E-state index contributed by atoms with van der Waals surface area (Å²) in [7, 11) is 0. The fourth-order valence-electron chi connectivity index (χ4n) is 1.43. The van der Waals surface area contributed by atoms with Crippen molar-refractivity contribution in [3.8, 4) is 0 Å². The third-order valence-electron chi connectivity index (χ3n) is 2.43. The molecule has 0 radical (unpaired) electrons. The normalized spacial score (nSPS) is 12.8. The fourth-order valence-corrected chi connectivity index (χ4v) is 1.59. The second kappa shape index (κ2) is 5.40. The molecule has 0 aliphatic heterocycles. The lowest BCUT2D eigenvalue weighted by Crippen LogP contribution is -2.13. The Morgan fingerprint density at radius 2 is 2.00 bits per heavy atom. The van der Waals surface area contributed by atoms with Gasteiger partial charge in [0.2, 0.25) is 5.82 Å². The van der Waals surface area contributed by atoms with Crippen LogP contribution in [0.2, 0.25) is 0 Å². The van der Waals surface area contributed by atoms with E-state index in [4.69, 9.17) is 11.6 Å². The summed E-state index contributed by atoms with van der Waals surface area (Å²) in [6.45, 7) is 3.66. The van der Waals surface area contributed by atoms with Crippen LogP contribution >= 0.6 is 11.6 Å². The largest absolute Gasteiger partial charge is 0.308 e. The number of hydrogen-bond acceptors (Lipinski definition) is 2. The zero-order valence-corrected chi connectivity index (χ0v) is 10.2. The van der Waals surface area contributed by atoms with Crippen molar-refractivity contribution in [3.63, 3.8) is 0 Å². The Morgan fingerprint density at radius 1 is 1.41 bits per heavy atom. The molecule has 1 aromatic rings. The minimum atomic E-state index is -1.17. The van der Waals surface area contributed by atoms with Crippen LogP contribution in [-0.4, -0.2) is 10.3 Å². The third kappa shape index (κ3) is 3.36. The van der Waals surface area contributed by atoms with E-state index in [0.29, 0.717) is 6.07 Å². The molecule has 0 aliphatic rings. The van der Waals surface area contributed by atoms with Crippen molar-refractivity contribution in [2.45, 2.75) is 25.6 Å². The van der Waals surface area contributed by atoms with Gasteiger partial charge in [0.25, 0.3) is 0 Å². The number of benzene rings is 1. The maximum atomic E-state index is 13.3. The molecule has 6 heteroatoms. The molecule has 0 fully saturated rings. The predicted molar refractivity (Wildman–Crippen MR) is 61.2 cm³/mol. The molecule has 1 aromatic carbocycles. The smallest absolute Gasteiger partial charge is 0.258 e. The highest BCUT2D eigenvalue weighted by molar-refractivity contribution is 6.20. The molecule has 0 heterocycles. The van der Waals surface area contributed by atoms with Gasteiger partial charge in [0.1, 0.15) is 5.82 Å². The Bertz CT molecular complexity index is 438. The maximum Gasteiger partial charge on any atom is 0.308 e. The average Bonchev–Trinajstić information content (AvgIpc) is 2.14. The molecule has 17 heavy (non-hydrogen) atoms. The van der Waals surface area contributed by atoms with E-state index < -0.39 is 27.6 Å². The molecule has 0 saturated heterocycles. The summed E-state index contributed by atoms with van der Waals surface area (Å²) in [5.41, 5.74) is -0.709. The second-order valence-electron chi connectivity index (χ2n) is 4.12. The molecule has 3 nitrogen and oxygen atoms in total. The van der Waals surface area contributed by atoms with Gasteiger partial charge in [-0.15, -0.1) is 11.6 Å². The Morgan fingerprint density at radius 3 is 2.47 bits per heavy atom. The van der Waals surface area contributed by atoms with Crippen molar-refractivity contribution in [3.05, 3.63) is 39.4 Å². The van der Waals surface area contributed by atoms with E-state index in [1.54, 1.807) is 0 Å². The maximum absolute atomic E-state index is 13.3. The summed E-state index contributed by atoms with van der Waals surface area (Å²) >= 11 is 5.96. The highest BCUT2D eigenvalue weighted by atomic mass is 35.5. The number of rotatable bonds is 4. The Balaban J connectivity index is 3.17. The number of nitrogens with zero attached hydrogens (tertiary/aromatic N) is 1. The summed E-state index contributed by atoms with van der Waals surface area (Å²) in [6, 6.07) is 1.46. The van der Waals surface area contributed by atoms with Gasteiger partial charge < -0.3 is 0 Å². The quantitative estimate of drug-likeness (QED) is 0.472. The molecular formula is C11H12ClF2NO2. The first-order chi connectivity index (χ1) is 7.82. The third-order valence-corrected chi connectivity index (χ3v) is 3.09. The topological polar surface area (TPSA) is 43.1 Å². The van der Waals surface area contributed by atoms with Crippen molar-refractivity contribution in [2.24, 2.45) is 5.92 Å². The van der Waals surface area contributed by atoms with Crippen molar-refractivity contribution < 1.29 is 13.7 Å². The Labute approximate surface area is 103 Å². The summed E-state index contributed by atoms with van der Waals surface area (Å²) in [6.07, 6.45) is 0.0597. The molecule has 0 bridgehead atoms. The van der Waals surface area contributed by atoms with Crippen molar-refractivity contribution >= 4 is 17.3 Å². The zero-order valence-electron chi connectivity index (χ0n) is 9.41. The summed E-state index contributed by atoms with van der Waals surface area (Å²) in [5.74, 6) is -1.95. The molecule has 0 saturated carbocycles. The lowest BCUT2D eigenvalue weighted by Gasteiger charge is -2.13. The summed E-state index contributed by atoms with van der Waals surface area (Å²) in [4.78, 5) is 9.85. The van der Waals surface area contributed by atoms with Gasteiger partial charge in [-0.1, -0.05) is 13.8 Å². The molecule has 0 aliphatic carbocycles. The van der Waals surface area contributed by atoms with Crippen LogP contribution < -0.4 is 0 Å². The number of alkyl halides is 1. The lowest BCUT2D eigenvalue weighted by molar-refractivity contribution is -0.388. The van der Waals surface area contributed by atoms with Crippen LogP contribution in [0.15, 0.2) is 12.1 Å². The van der Waals surface area contributed by atoms with Crippen LogP contribution in [0.1, 0.15) is 19.4 Å². The van der Waals surface area contributed by atoms with Crippen LogP contribution in [0.3, 0.4) is 0 Å². The molecular weight excluding hydrogens is 252 g/mol. The summed E-state index contributed by atoms with van der Waals surface area (Å²) in [5, 5.41) is 10.3. The zero-order chi connectivity index (χ0) is 13.2. The van der Waals surface area contributed by atoms with Gasteiger partial charge >= 0.3 is 5.69 Å². The van der Waals surface area contributed by atoms with E-state index in [0.717, 1.165) is 6.07 Å². The van der Waals surface area contributed by atoms with Crippen molar-refractivity contribution in [1.29, 1.82) is 0 Å². The highest BCUT2D eigenvalue weighted by Crippen LogP contribution is 2.27. The highest BCUT2D eigenvalue weighted by Gasteiger charge is 2.24. The minimum absolute atomic E-state index is 0.0128. The van der Waals surface area contributed by atoms with E-state index >= 15 is 0 Å². The van der Waals surface area contributed by atoms with Gasteiger partial charge in [-0.3, -0.25) is 10.1 Å². The molecule has 0 amide bonds. The van der Waals surface area contributed by atoms with Gasteiger partial charge in [0, 0.05) is 17.0 Å². The van der Waals surface area contributed by atoms with E-state index in [1.165, 1.54) is 0 Å². The number of halogens is 3. The van der Waals surface area contributed by atoms with Crippen LogP contribution in [0.5, 0.6) is 0 Å². The second-order valence-corrected chi connectivity index (χ2v) is 4.68. The van der Waals surface area contributed by atoms with Crippen molar-refractivity contribution in [2.75, 3.05) is 0 Å². The molecule has 1 unspecified atom stereocenters. The van der Waals surface area contributed by atoms with Gasteiger partial charge in [-0.25, -0.2) is 4.39 Å². The SMILES string of the molecule is CC(C)C(Cl)Cc1cc(F)cc(F)c1[N+](=O)[O-]. The van der Waals surface area contributed by atoms with Crippen LogP contribution in [0.25, 0.3) is 0 Å². The van der Waals surface area contributed by atoms with Crippen LogP contribution in [0.4, 0.5) is 14.5 Å². The summed E-state index contributed by atoms with van der Waals surface area (Å²) < 4.78 is 26.3. The number of hydrogen-bond donors (Lipinski definition) is 0. The molecule has 1 atom stereocenters. The van der Waals surface area contributed by atoms with Gasteiger partial charge in [0.15, 0.2) is 0 Å². The Kier molecular flexibility index (Phi) is 4.40. The molecule has 94 valence electrons. The molecule has 0 spiro atoms. The molecule has 0 N–H and O–H groups in total. The molecule has 1 rings (SSSR count). The van der Waals surface area contributed by atoms with E-state index in [9.17, 15) is 18.9 Å². The predicted octanol–water partition coefficient (Wildman–Crippen LogP) is 3.68. The minimum Gasteiger partial charge on any atom is -0.258 e. The molecule has 0 aromatic heterocycles. The first-order valence-electron chi connectivity index (χ1n) is 5.09. The first-order valence-corrected chi connectivity index (χ1v) is 5.53. The number of nitro benzene ring substituents is 1. The van der Waals surface area contributed by atoms with Gasteiger partial charge in [-0.05, 0) is 18.4 Å². The van der Waals surface area contributed by atoms with E-state index in [1.807, 2.05) is 13.8 Å². The average molecular weight is 264 g/mol. The first kappa shape index (κ1) is 13.8. The van der Waals surface area contributed by atoms with Crippen LogP contribution in [0, 0.1) is 27.7 Å². The van der Waals surface area contributed by atoms with Gasteiger partial charge in [0.05, 0.1) is 4.92 Å². The van der Waals surface area contributed by atoms with E-state index in [2.05, 4.69) is 0 Å². The standard InChI is InChI=1S/C11H12ClF2NO2/c1-6(2)9(12)4-7-3-8(13)5-10(14)11(7)15(16)17/h3,5-6,9H,4H2,1-2H3. The fraction of sp³-hybridized carbons (Fsp3) is 0.455. The lowest BCUT2D eigenvalue weighted by atomic mass is 10.0. The van der Waals surface area contributed by atoms with Gasteiger partial charge in [-0.2, -0.15) is 4.39 Å². The number of nitro groups is 1. The Hall–Kier alpha value is -1.23. The monoisotopic (exact) mass is 263 g/mol. The van der Waals surface area contributed by atoms with E-state index in [-0.39, 0.29) is 17.9 Å². The van der Waals surface area contributed by atoms with Crippen molar-refractivity contribution in [1.82, 2.24) is 0 Å².